The van der Waals surface area contributed by atoms with Crippen LogP contribution in [0.4, 0.5) is 0 Å². The van der Waals surface area contributed by atoms with E-state index in [1.807, 2.05) is 52.1 Å². The van der Waals surface area contributed by atoms with Crippen molar-refractivity contribution in [3.05, 3.63) is 84.3 Å². The smallest absolute Gasteiger partial charge is 0.256 e. The minimum absolute atomic E-state index is 0.0372. The summed E-state index contributed by atoms with van der Waals surface area (Å²) in [4.78, 5) is 26.3. The van der Waals surface area contributed by atoms with Crippen molar-refractivity contribution in [3.8, 4) is 11.7 Å². The van der Waals surface area contributed by atoms with Crippen LogP contribution in [-0.4, -0.2) is 61.5 Å². The van der Waals surface area contributed by atoms with Gasteiger partial charge in [0.25, 0.3) is 5.91 Å². The molecule has 1 N–H and O–H groups in total. The van der Waals surface area contributed by atoms with Crippen LogP contribution in [0.3, 0.4) is 0 Å². The number of aromatic hydroxyl groups is 1. The third-order valence-corrected chi connectivity index (χ3v) is 5.71. The van der Waals surface area contributed by atoms with Gasteiger partial charge in [-0.1, -0.05) is 30.3 Å². The van der Waals surface area contributed by atoms with E-state index >= 15 is 0 Å². The molecule has 0 radical (unpaired) electrons. The Morgan fingerprint density at radius 1 is 0.903 bits per heavy atom. The Hall–Kier alpha value is -3.71. The molecule has 156 valence electrons. The Kier molecular flexibility index (Phi) is 5.09. The quantitative estimate of drug-likeness (QED) is 0.557. The van der Waals surface area contributed by atoms with Gasteiger partial charge >= 0.3 is 0 Å². The first-order chi connectivity index (χ1) is 15.2. The molecule has 1 aliphatic heterocycles. The predicted molar refractivity (Wildman–Crippen MR) is 118 cm³/mol. The van der Waals surface area contributed by atoms with Crippen molar-refractivity contribution in [2.45, 2.75) is 6.54 Å². The maximum Gasteiger partial charge on any atom is 0.256 e. The normalized spacial score (nSPS) is 14.8. The SMILES string of the molecule is O=C(c1cn(-c2ncccn2)c2ccccc12)N1CCN(Cc2ccc(O)cc2)CC1. The molecular formula is C24H23N5O2. The Morgan fingerprint density at radius 2 is 1.61 bits per heavy atom. The molecule has 0 spiro atoms. The van der Waals surface area contributed by atoms with Gasteiger partial charge in [-0.25, -0.2) is 9.97 Å². The fraction of sp³-hybridized carbons (Fsp3) is 0.208. The number of rotatable bonds is 4. The van der Waals surface area contributed by atoms with Gasteiger partial charge in [0, 0.05) is 56.7 Å². The second-order valence-corrected chi connectivity index (χ2v) is 7.71. The molecule has 1 aliphatic rings. The molecule has 4 aromatic rings. The first-order valence-electron chi connectivity index (χ1n) is 10.4. The zero-order valence-corrected chi connectivity index (χ0v) is 17.1. The van der Waals surface area contributed by atoms with Crippen molar-refractivity contribution in [2.24, 2.45) is 0 Å². The molecule has 2 aromatic heterocycles. The number of nitrogens with zero attached hydrogens (tertiary/aromatic N) is 5. The number of amides is 1. The molecule has 3 heterocycles. The summed E-state index contributed by atoms with van der Waals surface area (Å²) in [6.45, 7) is 3.80. The minimum Gasteiger partial charge on any atom is -0.508 e. The molecule has 1 saturated heterocycles. The van der Waals surface area contributed by atoms with E-state index in [4.69, 9.17) is 0 Å². The molecule has 7 nitrogen and oxygen atoms in total. The van der Waals surface area contributed by atoms with E-state index in [-0.39, 0.29) is 11.7 Å². The third-order valence-electron chi connectivity index (χ3n) is 5.71. The van der Waals surface area contributed by atoms with E-state index in [2.05, 4.69) is 14.9 Å². The second-order valence-electron chi connectivity index (χ2n) is 7.71. The van der Waals surface area contributed by atoms with Crippen LogP contribution in [0.15, 0.2) is 73.2 Å². The summed E-state index contributed by atoms with van der Waals surface area (Å²) < 4.78 is 1.88. The van der Waals surface area contributed by atoms with E-state index in [1.54, 1.807) is 30.6 Å². The number of piperazine rings is 1. The van der Waals surface area contributed by atoms with E-state index in [0.29, 0.717) is 24.6 Å². The molecule has 0 aliphatic carbocycles. The summed E-state index contributed by atoms with van der Waals surface area (Å²) in [7, 11) is 0. The fourth-order valence-electron chi connectivity index (χ4n) is 4.07. The summed E-state index contributed by atoms with van der Waals surface area (Å²) in [5, 5.41) is 10.4. The topological polar surface area (TPSA) is 74.5 Å². The highest BCUT2D eigenvalue weighted by Gasteiger charge is 2.25. The molecule has 1 fully saturated rings. The van der Waals surface area contributed by atoms with Crippen LogP contribution in [0.5, 0.6) is 5.75 Å². The van der Waals surface area contributed by atoms with E-state index < -0.39 is 0 Å². The molecule has 31 heavy (non-hydrogen) atoms. The van der Waals surface area contributed by atoms with Gasteiger partial charge in [0.15, 0.2) is 0 Å². The van der Waals surface area contributed by atoms with Crippen LogP contribution in [-0.2, 0) is 6.54 Å². The standard InChI is InChI=1S/C24H23N5O2/c30-19-8-6-18(7-9-19)16-27-12-14-28(15-13-27)23(31)21-17-29(24-25-10-3-11-26-24)22-5-2-1-4-20(21)22/h1-11,17,30H,12-16H2. The van der Waals surface area contributed by atoms with Gasteiger partial charge in [-0.2, -0.15) is 0 Å². The summed E-state index contributed by atoms with van der Waals surface area (Å²) >= 11 is 0. The summed E-state index contributed by atoms with van der Waals surface area (Å²) in [5.41, 5.74) is 2.75. The van der Waals surface area contributed by atoms with Crippen LogP contribution < -0.4 is 0 Å². The first-order valence-corrected chi connectivity index (χ1v) is 10.4. The summed E-state index contributed by atoms with van der Waals surface area (Å²) in [5.74, 6) is 0.867. The van der Waals surface area contributed by atoms with Crippen molar-refractivity contribution >= 4 is 16.8 Å². The second kappa shape index (κ2) is 8.20. The molecule has 0 saturated carbocycles. The molecule has 7 heteroatoms. The third kappa shape index (κ3) is 3.87. The highest BCUT2D eigenvalue weighted by atomic mass is 16.3. The average molecular weight is 413 g/mol. The van der Waals surface area contributed by atoms with Crippen molar-refractivity contribution in [3.63, 3.8) is 0 Å². The van der Waals surface area contributed by atoms with Gasteiger partial charge < -0.3 is 10.0 Å². The Balaban J connectivity index is 1.34. The number of benzene rings is 2. The molecule has 5 rings (SSSR count). The number of para-hydroxylation sites is 1. The van der Waals surface area contributed by atoms with Gasteiger partial charge in [0.05, 0.1) is 11.1 Å². The van der Waals surface area contributed by atoms with Crippen LogP contribution in [0.2, 0.25) is 0 Å². The van der Waals surface area contributed by atoms with E-state index in [9.17, 15) is 9.90 Å². The zero-order valence-electron chi connectivity index (χ0n) is 17.1. The molecule has 0 atom stereocenters. The van der Waals surface area contributed by atoms with Crippen molar-refractivity contribution in [1.29, 1.82) is 0 Å². The maximum absolute atomic E-state index is 13.4. The maximum atomic E-state index is 13.4. The van der Waals surface area contributed by atoms with Crippen molar-refractivity contribution in [1.82, 2.24) is 24.3 Å². The lowest BCUT2D eigenvalue weighted by Crippen LogP contribution is -2.48. The molecule has 0 bridgehead atoms. The van der Waals surface area contributed by atoms with Gasteiger partial charge in [-0.05, 0) is 29.8 Å². The lowest BCUT2D eigenvalue weighted by Gasteiger charge is -2.34. The Morgan fingerprint density at radius 3 is 2.35 bits per heavy atom. The van der Waals surface area contributed by atoms with Gasteiger partial charge in [0.2, 0.25) is 5.95 Å². The average Bonchev–Trinajstić information content (AvgIpc) is 3.21. The largest absolute Gasteiger partial charge is 0.508 e. The Labute approximate surface area is 180 Å². The van der Waals surface area contributed by atoms with E-state index in [0.717, 1.165) is 36.1 Å². The molecule has 0 unspecified atom stereocenters. The zero-order chi connectivity index (χ0) is 21.2. The first kappa shape index (κ1) is 19.3. The number of phenols is 1. The van der Waals surface area contributed by atoms with Gasteiger partial charge in [-0.15, -0.1) is 0 Å². The summed E-state index contributed by atoms with van der Waals surface area (Å²) in [6, 6.07) is 16.9. The van der Waals surface area contributed by atoms with Crippen molar-refractivity contribution < 1.29 is 9.90 Å². The van der Waals surface area contributed by atoms with Crippen LogP contribution >= 0.6 is 0 Å². The summed E-state index contributed by atoms with van der Waals surface area (Å²) in [6.07, 6.45) is 5.25. The van der Waals surface area contributed by atoms with Gasteiger partial charge in [0.1, 0.15) is 5.75 Å². The van der Waals surface area contributed by atoms with E-state index in [1.165, 1.54) is 0 Å². The monoisotopic (exact) mass is 413 g/mol. The van der Waals surface area contributed by atoms with Gasteiger partial charge in [-0.3, -0.25) is 14.3 Å². The molecule has 2 aromatic carbocycles. The number of hydrogen-bond donors (Lipinski definition) is 1. The molecular weight excluding hydrogens is 390 g/mol. The lowest BCUT2D eigenvalue weighted by molar-refractivity contribution is 0.0630. The number of carbonyl (C=O) groups excluding carboxylic acids is 1. The highest BCUT2D eigenvalue weighted by Crippen LogP contribution is 2.25. The predicted octanol–water partition coefficient (Wildman–Crippen LogP) is 3.08. The molecule has 1 amide bonds. The number of phenolic OH excluding ortho intramolecular Hbond substituents is 1. The fourth-order valence-corrected chi connectivity index (χ4v) is 4.07. The number of hydrogen-bond acceptors (Lipinski definition) is 5. The van der Waals surface area contributed by atoms with Crippen LogP contribution in [0.1, 0.15) is 15.9 Å². The number of carbonyl (C=O) groups is 1. The van der Waals surface area contributed by atoms with Crippen LogP contribution in [0, 0.1) is 0 Å². The Bertz CT molecular complexity index is 1200. The lowest BCUT2D eigenvalue weighted by atomic mass is 10.1. The number of fused-ring (bicyclic) bond motifs is 1. The van der Waals surface area contributed by atoms with Crippen molar-refractivity contribution in [2.75, 3.05) is 26.2 Å². The minimum atomic E-state index is 0.0372. The highest BCUT2D eigenvalue weighted by molar-refractivity contribution is 6.07. The van der Waals surface area contributed by atoms with Crippen LogP contribution in [0.25, 0.3) is 16.9 Å². The number of aromatic nitrogens is 3.